The average molecular weight is 220 g/mol. The Morgan fingerprint density at radius 1 is 1.45 bits per heavy atom. The maximum absolute atomic E-state index is 3.51. The van der Waals surface area contributed by atoms with Crippen molar-refractivity contribution in [1.29, 1.82) is 0 Å². The first-order chi connectivity index (χ1) is 5.31. The second-order valence-corrected chi connectivity index (χ2v) is 4.09. The molecule has 0 bridgehead atoms. The summed E-state index contributed by atoms with van der Waals surface area (Å²) in [6.45, 7) is 7.23. The third kappa shape index (κ3) is 2.75. The smallest absolute Gasteiger partial charge is 0.0320 e. The Kier molecular flexibility index (Phi) is 3.86. The zero-order valence-electron chi connectivity index (χ0n) is 7.52. The number of halogens is 1. The van der Waals surface area contributed by atoms with Crippen LogP contribution in [0.3, 0.4) is 0 Å². The van der Waals surface area contributed by atoms with Crippen molar-refractivity contribution in [1.82, 2.24) is 4.90 Å². The van der Waals surface area contributed by atoms with E-state index in [1.165, 1.54) is 25.9 Å². The SMILES string of the molecule is CCC(CC)CN1CC1CBr. The summed E-state index contributed by atoms with van der Waals surface area (Å²) in [5, 5.41) is 1.16. The van der Waals surface area contributed by atoms with Crippen LogP contribution in [0.25, 0.3) is 0 Å². The number of alkyl halides is 1. The molecule has 0 aliphatic carbocycles. The molecule has 2 atom stereocenters. The predicted octanol–water partition coefficient (Wildman–Crippen LogP) is 2.50. The Labute approximate surface area is 78.3 Å². The van der Waals surface area contributed by atoms with Crippen molar-refractivity contribution in [2.45, 2.75) is 32.7 Å². The van der Waals surface area contributed by atoms with Crippen LogP contribution >= 0.6 is 15.9 Å². The van der Waals surface area contributed by atoms with Gasteiger partial charge in [-0.25, -0.2) is 0 Å². The maximum Gasteiger partial charge on any atom is 0.0320 e. The lowest BCUT2D eigenvalue weighted by Gasteiger charge is -2.12. The van der Waals surface area contributed by atoms with Crippen LogP contribution < -0.4 is 0 Å². The molecule has 1 aliphatic heterocycles. The van der Waals surface area contributed by atoms with Crippen LogP contribution in [-0.2, 0) is 0 Å². The van der Waals surface area contributed by atoms with Gasteiger partial charge in [-0.15, -0.1) is 0 Å². The van der Waals surface area contributed by atoms with Crippen molar-refractivity contribution >= 4 is 15.9 Å². The highest BCUT2D eigenvalue weighted by Crippen LogP contribution is 2.23. The largest absolute Gasteiger partial charge is 0.296 e. The molecule has 11 heavy (non-hydrogen) atoms. The van der Waals surface area contributed by atoms with E-state index >= 15 is 0 Å². The van der Waals surface area contributed by atoms with Gasteiger partial charge < -0.3 is 0 Å². The summed E-state index contributed by atoms with van der Waals surface area (Å²) in [5.41, 5.74) is 0. The van der Waals surface area contributed by atoms with E-state index in [4.69, 9.17) is 0 Å². The molecule has 66 valence electrons. The molecular formula is C9H18BrN. The van der Waals surface area contributed by atoms with Crippen LogP contribution in [0.4, 0.5) is 0 Å². The molecule has 1 rings (SSSR count). The van der Waals surface area contributed by atoms with E-state index in [2.05, 4.69) is 34.7 Å². The molecule has 0 N–H and O–H groups in total. The fraction of sp³-hybridized carbons (Fsp3) is 1.00. The lowest BCUT2D eigenvalue weighted by Crippen LogP contribution is -2.14. The van der Waals surface area contributed by atoms with Crippen LogP contribution in [0.2, 0.25) is 0 Å². The molecule has 1 heterocycles. The molecule has 2 unspecified atom stereocenters. The van der Waals surface area contributed by atoms with Crippen molar-refractivity contribution in [2.24, 2.45) is 5.92 Å². The molecule has 0 aromatic rings. The predicted molar refractivity (Wildman–Crippen MR) is 53.2 cm³/mol. The molecule has 1 aliphatic rings. The fourth-order valence-electron chi connectivity index (χ4n) is 1.47. The minimum Gasteiger partial charge on any atom is -0.296 e. The average Bonchev–Trinajstić information content (AvgIpc) is 2.78. The number of nitrogens with zero attached hydrogens (tertiary/aromatic N) is 1. The van der Waals surface area contributed by atoms with E-state index in [9.17, 15) is 0 Å². The standard InChI is InChI=1S/C9H18BrN/c1-3-8(4-2)6-11-7-9(11)5-10/h8-9H,3-7H2,1-2H3. The van der Waals surface area contributed by atoms with Gasteiger partial charge in [0.2, 0.25) is 0 Å². The Bertz CT molecular complexity index is 112. The highest BCUT2D eigenvalue weighted by molar-refractivity contribution is 9.09. The molecule has 0 radical (unpaired) electrons. The number of hydrogen-bond acceptors (Lipinski definition) is 1. The van der Waals surface area contributed by atoms with Gasteiger partial charge in [0.1, 0.15) is 0 Å². The van der Waals surface area contributed by atoms with Crippen molar-refractivity contribution in [3.05, 3.63) is 0 Å². The fourth-order valence-corrected chi connectivity index (χ4v) is 2.09. The monoisotopic (exact) mass is 219 g/mol. The Morgan fingerprint density at radius 2 is 2.09 bits per heavy atom. The highest BCUT2D eigenvalue weighted by Gasteiger charge is 2.33. The van der Waals surface area contributed by atoms with E-state index in [-0.39, 0.29) is 0 Å². The summed E-state index contributed by atoms with van der Waals surface area (Å²) in [6, 6.07) is 0.857. The first-order valence-electron chi connectivity index (χ1n) is 4.61. The lowest BCUT2D eigenvalue weighted by molar-refractivity contribution is 0.373. The van der Waals surface area contributed by atoms with Gasteiger partial charge >= 0.3 is 0 Å². The molecule has 0 amide bonds. The Balaban J connectivity index is 2.11. The number of rotatable bonds is 5. The molecule has 0 aromatic carbocycles. The maximum atomic E-state index is 3.51. The van der Waals surface area contributed by atoms with Gasteiger partial charge in [0.15, 0.2) is 0 Å². The molecule has 0 spiro atoms. The second kappa shape index (κ2) is 4.46. The van der Waals surface area contributed by atoms with Gasteiger partial charge in [-0.1, -0.05) is 42.6 Å². The molecule has 1 saturated heterocycles. The van der Waals surface area contributed by atoms with Gasteiger partial charge in [0, 0.05) is 24.5 Å². The van der Waals surface area contributed by atoms with Gasteiger partial charge in [0.25, 0.3) is 0 Å². The van der Waals surface area contributed by atoms with Crippen molar-refractivity contribution < 1.29 is 0 Å². The van der Waals surface area contributed by atoms with E-state index in [0.717, 1.165) is 17.3 Å². The van der Waals surface area contributed by atoms with Crippen molar-refractivity contribution in [3.8, 4) is 0 Å². The van der Waals surface area contributed by atoms with Crippen molar-refractivity contribution in [2.75, 3.05) is 18.4 Å². The third-order valence-electron chi connectivity index (χ3n) is 2.65. The summed E-state index contributed by atoms with van der Waals surface area (Å²) in [4.78, 5) is 2.56. The normalized spacial score (nSPS) is 29.5. The summed E-state index contributed by atoms with van der Waals surface area (Å²) in [5.74, 6) is 0.930. The first kappa shape index (κ1) is 9.53. The minimum atomic E-state index is 0.857. The van der Waals surface area contributed by atoms with Gasteiger partial charge in [0.05, 0.1) is 0 Å². The Hall–Kier alpha value is 0.440. The summed E-state index contributed by atoms with van der Waals surface area (Å²) in [6.07, 6.45) is 2.67. The topological polar surface area (TPSA) is 3.01 Å². The van der Waals surface area contributed by atoms with Crippen LogP contribution in [-0.4, -0.2) is 29.4 Å². The van der Waals surface area contributed by atoms with Crippen LogP contribution in [0.15, 0.2) is 0 Å². The molecule has 2 heteroatoms. The first-order valence-corrected chi connectivity index (χ1v) is 5.73. The summed E-state index contributed by atoms with van der Waals surface area (Å²) < 4.78 is 0. The van der Waals surface area contributed by atoms with Gasteiger partial charge in [-0.05, 0) is 5.92 Å². The van der Waals surface area contributed by atoms with E-state index in [1.54, 1.807) is 0 Å². The molecule has 1 nitrogen and oxygen atoms in total. The van der Waals surface area contributed by atoms with Crippen LogP contribution in [0.5, 0.6) is 0 Å². The van der Waals surface area contributed by atoms with E-state index < -0.39 is 0 Å². The van der Waals surface area contributed by atoms with Gasteiger partial charge in [-0.2, -0.15) is 0 Å². The number of hydrogen-bond donors (Lipinski definition) is 0. The molecule has 1 fully saturated rings. The van der Waals surface area contributed by atoms with Crippen molar-refractivity contribution in [3.63, 3.8) is 0 Å². The molecule has 0 saturated carbocycles. The third-order valence-corrected chi connectivity index (χ3v) is 3.40. The zero-order valence-corrected chi connectivity index (χ0v) is 9.10. The quantitative estimate of drug-likeness (QED) is 0.508. The van der Waals surface area contributed by atoms with E-state index in [1.807, 2.05) is 0 Å². The van der Waals surface area contributed by atoms with Crippen LogP contribution in [0, 0.1) is 5.92 Å². The summed E-state index contributed by atoms with van der Waals surface area (Å²) in [7, 11) is 0. The highest BCUT2D eigenvalue weighted by atomic mass is 79.9. The Morgan fingerprint density at radius 3 is 2.45 bits per heavy atom. The lowest BCUT2D eigenvalue weighted by atomic mass is 10.0. The zero-order chi connectivity index (χ0) is 8.27. The second-order valence-electron chi connectivity index (χ2n) is 3.44. The van der Waals surface area contributed by atoms with Gasteiger partial charge in [-0.3, -0.25) is 4.90 Å². The summed E-state index contributed by atoms with van der Waals surface area (Å²) >= 11 is 3.51. The van der Waals surface area contributed by atoms with Crippen LogP contribution in [0.1, 0.15) is 26.7 Å². The molecule has 0 aromatic heterocycles. The van der Waals surface area contributed by atoms with E-state index in [0.29, 0.717) is 0 Å². The minimum absolute atomic E-state index is 0.857. The molecular weight excluding hydrogens is 202 g/mol.